The summed E-state index contributed by atoms with van der Waals surface area (Å²) >= 11 is 6.90. The van der Waals surface area contributed by atoms with E-state index in [2.05, 4.69) is 10.3 Å². The minimum atomic E-state index is -0.267. The summed E-state index contributed by atoms with van der Waals surface area (Å²) in [6.07, 6.45) is 8.20. The Morgan fingerprint density at radius 2 is 2.07 bits per heavy atom. The lowest BCUT2D eigenvalue weighted by molar-refractivity contribution is -0.0379. The lowest BCUT2D eigenvalue weighted by atomic mass is 9.49. The van der Waals surface area contributed by atoms with Gasteiger partial charge in [-0.05, 0) is 62.7 Å². The molecule has 2 atom stereocenters. The molecule has 1 amide bonds. The molecule has 144 valence electrons. The van der Waals surface area contributed by atoms with Gasteiger partial charge in [0.15, 0.2) is 0 Å². The van der Waals surface area contributed by atoms with Crippen molar-refractivity contribution in [2.24, 2.45) is 24.3 Å². The second-order valence-corrected chi connectivity index (χ2v) is 9.97. The second kappa shape index (κ2) is 5.60. The predicted molar refractivity (Wildman–Crippen MR) is 102 cm³/mol. The molecule has 4 saturated carbocycles. The van der Waals surface area contributed by atoms with Gasteiger partial charge in [0.05, 0.1) is 5.56 Å². The minimum Gasteiger partial charge on any atom is -0.442 e. The molecule has 1 N–H and O–H groups in total. The van der Waals surface area contributed by atoms with Crippen molar-refractivity contribution in [3.63, 3.8) is 0 Å². The van der Waals surface area contributed by atoms with Gasteiger partial charge in [0, 0.05) is 18.5 Å². The number of carbonyl (C=O) groups excluding carboxylic acids is 1. The highest BCUT2D eigenvalue weighted by Crippen LogP contribution is 2.63. The average molecular weight is 390 g/mol. The van der Waals surface area contributed by atoms with Gasteiger partial charge in [0.25, 0.3) is 11.5 Å². The predicted octanol–water partition coefficient (Wildman–Crippen LogP) is 3.14. The van der Waals surface area contributed by atoms with Gasteiger partial charge >= 0.3 is 0 Å². The average Bonchev–Trinajstić information content (AvgIpc) is 2.91. The standard InChI is InChI=1S/C20H24ClN3O3/c1-11-14(15-17(27-11)23-10-24(2)18(15)26)16(25)22-9-19-4-12-3-13(5-19)7-20(21,6-12)8-19/h10,12-13H,3-9H2,1-2H3,(H,22,25)/t12-,13-,19?,20?/m1/s1. The van der Waals surface area contributed by atoms with Crippen LogP contribution in [0.25, 0.3) is 11.1 Å². The highest BCUT2D eigenvalue weighted by atomic mass is 35.5. The summed E-state index contributed by atoms with van der Waals surface area (Å²) in [6, 6.07) is 0. The molecule has 27 heavy (non-hydrogen) atoms. The molecular formula is C20H24ClN3O3. The number of hydrogen-bond acceptors (Lipinski definition) is 4. The van der Waals surface area contributed by atoms with Gasteiger partial charge in [-0.1, -0.05) is 0 Å². The van der Waals surface area contributed by atoms with Crippen LogP contribution in [-0.4, -0.2) is 26.9 Å². The summed E-state index contributed by atoms with van der Waals surface area (Å²) < 4.78 is 6.93. The van der Waals surface area contributed by atoms with E-state index < -0.39 is 0 Å². The highest BCUT2D eigenvalue weighted by Gasteiger charge is 2.57. The maximum absolute atomic E-state index is 13.0. The number of halogens is 1. The van der Waals surface area contributed by atoms with E-state index in [1.54, 1.807) is 14.0 Å². The molecule has 6 rings (SSSR count). The maximum atomic E-state index is 13.0. The number of alkyl halides is 1. The zero-order valence-corrected chi connectivity index (χ0v) is 16.4. The Bertz CT molecular complexity index is 994. The number of nitrogens with one attached hydrogen (secondary N) is 1. The third-order valence-electron chi connectivity index (χ3n) is 6.91. The van der Waals surface area contributed by atoms with Gasteiger partial charge in [-0.25, -0.2) is 4.98 Å². The van der Waals surface area contributed by atoms with Gasteiger partial charge in [0.2, 0.25) is 5.71 Å². The van der Waals surface area contributed by atoms with Gasteiger partial charge in [-0.15, -0.1) is 11.6 Å². The number of furan rings is 1. The zero-order valence-electron chi connectivity index (χ0n) is 15.7. The van der Waals surface area contributed by atoms with E-state index in [-0.39, 0.29) is 32.9 Å². The number of aryl methyl sites for hydroxylation is 2. The fraction of sp³-hybridized carbons (Fsp3) is 0.650. The molecule has 6 nitrogen and oxygen atoms in total. The van der Waals surface area contributed by atoms with E-state index in [1.165, 1.54) is 17.3 Å². The van der Waals surface area contributed by atoms with Crippen molar-refractivity contribution < 1.29 is 9.21 Å². The quantitative estimate of drug-likeness (QED) is 0.818. The third kappa shape index (κ3) is 2.64. The van der Waals surface area contributed by atoms with Gasteiger partial charge in [-0.3, -0.25) is 9.59 Å². The van der Waals surface area contributed by atoms with Crippen molar-refractivity contribution in [1.82, 2.24) is 14.9 Å². The Labute approximate surface area is 162 Å². The molecule has 0 unspecified atom stereocenters. The second-order valence-electron chi connectivity index (χ2n) is 9.17. The van der Waals surface area contributed by atoms with Crippen LogP contribution in [0.1, 0.15) is 54.6 Å². The van der Waals surface area contributed by atoms with E-state index in [4.69, 9.17) is 16.0 Å². The van der Waals surface area contributed by atoms with Crippen molar-refractivity contribution in [3.8, 4) is 0 Å². The highest BCUT2D eigenvalue weighted by molar-refractivity contribution is 6.24. The van der Waals surface area contributed by atoms with E-state index >= 15 is 0 Å². The molecule has 2 aromatic heterocycles. The van der Waals surface area contributed by atoms with E-state index in [0.717, 1.165) is 32.1 Å². The summed E-state index contributed by atoms with van der Waals surface area (Å²) in [7, 11) is 1.62. The van der Waals surface area contributed by atoms with Crippen molar-refractivity contribution in [2.45, 2.75) is 50.3 Å². The van der Waals surface area contributed by atoms with Crippen LogP contribution in [0.15, 0.2) is 15.5 Å². The topological polar surface area (TPSA) is 77.1 Å². The molecule has 2 aromatic rings. The number of nitrogens with zero attached hydrogens (tertiary/aromatic N) is 2. The van der Waals surface area contributed by atoms with E-state index in [9.17, 15) is 9.59 Å². The van der Waals surface area contributed by atoms with Crippen LogP contribution in [0.5, 0.6) is 0 Å². The Hall–Kier alpha value is -1.82. The number of carbonyl (C=O) groups is 1. The van der Waals surface area contributed by atoms with Gasteiger partial charge < -0.3 is 14.3 Å². The Morgan fingerprint density at radius 1 is 1.37 bits per heavy atom. The number of rotatable bonds is 3. The Kier molecular flexibility index (Phi) is 3.58. The van der Waals surface area contributed by atoms with Crippen LogP contribution >= 0.6 is 11.6 Å². The fourth-order valence-electron chi connectivity index (χ4n) is 6.36. The molecule has 4 fully saturated rings. The molecule has 0 aromatic carbocycles. The molecule has 4 bridgehead atoms. The van der Waals surface area contributed by atoms with Crippen molar-refractivity contribution in [3.05, 3.63) is 28.0 Å². The summed E-state index contributed by atoms with van der Waals surface area (Å²) in [6.45, 7) is 2.31. The fourth-order valence-corrected chi connectivity index (χ4v) is 7.08. The van der Waals surface area contributed by atoms with Crippen LogP contribution in [-0.2, 0) is 7.05 Å². The monoisotopic (exact) mass is 389 g/mol. The summed E-state index contributed by atoms with van der Waals surface area (Å²) in [5, 5.41) is 3.36. The first-order chi connectivity index (χ1) is 12.8. The minimum absolute atomic E-state index is 0.0765. The molecule has 0 spiro atoms. The van der Waals surface area contributed by atoms with Crippen LogP contribution in [0.4, 0.5) is 0 Å². The SMILES string of the molecule is Cc1oc2ncn(C)c(=O)c2c1C(=O)NCC12C[C@H]3C[C@@H](CC(Cl)(C3)C1)C2. The van der Waals surface area contributed by atoms with Crippen LogP contribution in [0.3, 0.4) is 0 Å². The molecule has 7 heteroatoms. The van der Waals surface area contributed by atoms with Crippen LogP contribution < -0.4 is 10.9 Å². The molecule has 4 aliphatic carbocycles. The molecule has 0 radical (unpaired) electrons. The number of amides is 1. The number of fused-ring (bicyclic) bond motifs is 1. The third-order valence-corrected chi connectivity index (χ3v) is 7.35. The zero-order chi connectivity index (χ0) is 19.0. The molecule has 4 aliphatic rings. The summed E-state index contributed by atoms with van der Waals surface area (Å²) in [5.41, 5.74) is 0.355. The first kappa shape index (κ1) is 17.3. The van der Waals surface area contributed by atoms with Gasteiger partial charge in [-0.2, -0.15) is 0 Å². The Morgan fingerprint density at radius 3 is 2.74 bits per heavy atom. The van der Waals surface area contributed by atoms with Crippen LogP contribution in [0.2, 0.25) is 0 Å². The summed E-state index contributed by atoms with van der Waals surface area (Å²) in [4.78, 5) is 29.5. The van der Waals surface area contributed by atoms with Gasteiger partial charge in [0.1, 0.15) is 17.5 Å². The smallest absolute Gasteiger partial charge is 0.265 e. The normalized spacial score (nSPS) is 34.3. The first-order valence-electron chi connectivity index (χ1n) is 9.69. The Balaban J connectivity index is 1.42. The molecule has 0 saturated heterocycles. The number of hydrogen-bond donors (Lipinski definition) is 1. The first-order valence-corrected chi connectivity index (χ1v) is 10.1. The molecular weight excluding hydrogens is 366 g/mol. The van der Waals surface area contributed by atoms with Crippen molar-refractivity contribution in [1.29, 1.82) is 0 Å². The lowest BCUT2D eigenvalue weighted by Gasteiger charge is -2.60. The lowest BCUT2D eigenvalue weighted by Crippen LogP contribution is -2.56. The maximum Gasteiger partial charge on any atom is 0.265 e. The largest absolute Gasteiger partial charge is 0.442 e. The summed E-state index contributed by atoms with van der Waals surface area (Å²) in [5.74, 6) is 1.55. The van der Waals surface area contributed by atoms with Crippen molar-refractivity contribution >= 4 is 28.6 Å². The molecule has 2 heterocycles. The van der Waals surface area contributed by atoms with E-state index in [1.807, 2.05) is 0 Å². The van der Waals surface area contributed by atoms with Crippen molar-refractivity contribution in [2.75, 3.05) is 6.54 Å². The van der Waals surface area contributed by atoms with E-state index in [0.29, 0.717) is 29.7 Å². The van der Waals surface area contributed by atoms with Crippen LogP contribution in [0, 0.1) is 24.2 Å². The molecule has 0 aliphatic heterocycles. The number of aromatic nitrogens is 2.